The second-order valence-electron chi connectivity index (χ2n) is 32.4. The Morgan fingerprint density at radius 3 is 1.36 bits per heavy atom. The number of nitrogen functional groups attached to an aromatic ring is 3. The van der Waals surface area contributed by atoms with Crippen molar-refractivity contribution < 1.29 is 142 Å². The molecule has 0 aromatic carbocycles. The van der Waals surface area contributed by atoms with E-state index in [0.29, 0.717) is 22.3 Å². The second-order valence-corrected chi connectivity index (χ2v) is 42.1. The topological polar surface area (TPSA) is 841 Å². The number of aryl methyl sites for hydroxylation is 3. The number of rotatable bonds is 8. The molecule has 26 atom stereocenters. The summed E-state index contributed by atoms with van der Waals surface area (Å²) >= 11 is 5.38. The maximum Gasteiger partial charge on any atom is 0.472 e. The average molecular weight is 2060 g/mol. The van der Waals surface area contributed by atoms with Gasteiger partial charge in [-0.2, -0.15) is 39.4 Å². The molecule has 10 saturated heterocycles. The molecule has 10 aliphatic rings. The summed E-state index contributed by atoms with van der Waals surface area (Å²) in [6.07, 6.45) is -16.1. The predicted octanol–water partition coefficient (Wildman–Crippen LogP) is -5.67. The molecule has 736 valence electrons. The minimum absolute atomic E-state index is 0.00266. The largest absolute Gasteiger partial charge is 0.472 e. The number of H-pyrrole nitrogens is 3. The van der Waals surface area contributed by atoms with E-state index in [0.717, 1.165) is 23.5 Å². The van der Waals surface area contributed by atoms with E-state index >= 15 is 4.39 Å². The van der Waals surface area contributed by atoms with E-state index in [1.54, 1.807) is 13.8 Å². The number of phosphoric ester groups is 2. The normalized spacial score (nSPS) is 35.5. The number of alkyl halides is 1. The zero-order valence-corrected chi connectivity index (χ0v) is 76.1. The number of aliphatic hydroxyl groups is 3. The average Bonchev–Trinajstić information content (AvgIpc) is 1.55. The van der Waals surface area contributed by atoms with Gasteiger partial charge in [-0.05, 0) is 32.6 Å². The van der Waals surface area contributed by atoms with Gasteiger partial charge in [-0.15, -0.1) is 0 Å². The fourth-order valence-electron chi connectivity index (χ4n) is 17.5. The Labute approximate surface area is 768 Å². The Morgan fingerprint density at radius 2 is 0.869 bits per heavy atom. The van der Waals surface area contributed by atoms with Crippen LogP contribution in [0.4, 0.5) is 21.8 Å². The van der Waals surface area contributed by atoms with Gasteiger partial charge in [0.2, 0.25) is 0 Å². The summed E-state index contributed by atoms with van der Waals surface area (Å²) < 4.78 is 228. The fourth-order valence-corrected chi connectivity index (χ4v) is 23.8. The molecule has 71 heteroatoms. The number of nitrogens with one attached hydrogen (secondary N) is 6. The van der Waals surface area contributed by atoms with Gasteiger partial charge in [-0.1, -0.05) is 0 Å². The Morgan fingerprint density at radius 1 is 0.467 bits per heavy atom. The molecule has 10 aliphatic heterocycles. The number of anilines is 3. The molecule has 12 aromatic heterocycles. The third-order valence-electron chi connectivity index (χ3n) is 23.8. The summed E-state index contributed by atoms with van der Waals surface area (Å²) in [6.45, 7) is -4.44. The number of ether oxygens (including phenoxy) is 7. The molecule has 22 heterocycles. The van der Waals surface area contributed by atoms with E-state index in [1.807, 2.05) is 0 Å². The van der Waals surface area contributed by atoms with Crippen molar-refractivity contribution in [3.05, 3.63) is 105 Å². The van der Waals surface area contributed by atoms with Crippen molar-refractivity contribution in [3.63, 3.8) is 0 Å². The number of aromatic amines is 3. The number of nitrogens with zero attached hydrogens (tertiary/aromatic N) is 21. The summed E-state index contributed by atoms with van der Waals surface area (Å²) in [6, 6.07) is 0. The number of aromatic nitrogens is 24. The SMILES string of the molecule is Cc1nc2c(ncn2C2OC3COP(=O)(O)OC4C(CNS(=O)(=O)OC2C3O)OC(n2cnc3c(N)ncnc32)C4F)c(=O)[nH]1.Cc1nc2c(ncn2C2OC3COP(=O)(O)OC4CC(n5cnc6c(N)ncnc65)OC4CNS(=O)(=O)OC2C3CO)c(=O)[nH]1.Cc1nc2c(ncn2C2OC3COP(O)(=S)OC4C5OCC4(CNS(=O)(=O)OC2C3CO)OC5n2cnc3c(N)ncnc32)c(=O)[nH]1. The van der Waals surface area contributed by atoms with Crippen molar-refractivity contribution in [1.29, 1.82) is 0 Å². The molecule has 63 nitrogen and oxygen atoms in total. The van der Waals surface area contributed by atoms with Gasteiger partial charge in [0.05, 0.1) is 89.8 Å². The molecule has 26 unspecified atom stereocenters. The smallest absolute Gasteiger partial charge is 0.396 e. The zero-order valence-electron chi connectivity index (χ0n) is 70.2. The van der Waals surface area contributed by atoms with Crippen LogP contribution in [0.25, 0.3) is 67.0 Å². The zero-order chi connectivity index (χ0) is 96.4. The van der Waals surface area contributed by atoms with Crippen molar-refractivity contribution >= 4 is 150 Å². The third-order valence-corrected chi connectivity index (χ3v) is 30.3. The number of hydrogen-bond donors (Lipinski definition) is 15. The lowest BCUT2D eigenvalue weighted by Gasteiger charge is -2.32. The molecule has 18 N–H and O–H groups in total. The molecule has 0 radical (unpaired) electrons. The van der Waals surface area contributed by atoms with Gasteiger partial charge in [0.1, 0.15) is 126 Å². The Hall–Kier alpha value is -10.0. The van der Waals surface area contributed by atoms with Crippen molar-refractivity contribution in [2.45, 2.75) is 156 Å². The van der Waals surface area contributed by atoms with Gasteiger partial charge in [-0.25, -0.2) is 101 Å². The van der Waals surface area contributed by atoms with Crippen molar-refractivity contribution in [2.24, 2.45) is 11.8 Å². The molecule has 0 aliphatic carbocycles. The Bertz CT molecular complexity index is 7470. The van der Waals surface area contributed by atoms with Crippen LogP contribution in [0.3, 0.4) is 0 Å². The molecular weight excluding hydrogens is 1980 g/mol. The maximum atomic E-state index is 15.9. The minimum atomic E-state index is -5.12. The number of phosphoric acid groups is 2. The first-order valence-corrected chi connectivity index (χ1v) is 50.6. The van der Waals surface area contributed by atoms with E-state index in [4.69, 9.17) is 102 Å². The van der Waals surface area contributed by atoms with Crippen LogP contribution >= 0.6 is 22.4 Å². The lowest BCUT2D eigenvalue weighted by atomic mass is 9.99. The number of nitrogens with two attached hydrogens (primary N) is 3. The van der Waals surface area contributed by atoms with E-state index in [2.05, 4.69) is 104 Å². The van der Waals surface area contributed by atoms with Gasteiger partial charge in [0, 0.05) is 37.9 Å². The van der Waals surface area contributed by atoms with Crippen LogP contribution in [0.1, 0.15) is 61.3 Å². The molecule has 8 bridgehead atoms. The lowest BCUT2D eigenvalue weighted by molar-refractivity contribution is -0.169. The van der Waals surface area contributed by atoms with Crippen LogP contribution in [0.15, 0.2) is 71.3 Å². The van der Waals surface area contributed by atoms with E-state index in [9.17, 15) is 78.8 Å². The first-order chi connectivity index (χ1) is 65.1. The highest BCUT2D eigenvalue weighted by molar-refractivity contribution is 8.07. The summed E-state index contributed by atoms with van der Waals surface area (Å²) in [7, 11) is -24.0. The van der Waals surface area contributed by atoms with Crippen molar-refractivity contribution in [1.82, 2.24) is 131 Å². The highest BCUT2D eigenvalue weighted by Gasteiger charge is 2.66. The highest BCUT2D eigenvalue weighted by Crippen LogP contribution is 2.58. The second kappa shape index (κ2) is 35.6. The molecule has 22 rings (SSSR count). The number of aliphatic hydroxyl groups excluding tert-OH is 3. The molecule has 0 saturated carbocycles. The van der Waals surface area contributed by atoms with E-state index in [1.165, 1.54) is 67.7 Å². The van der Waals surface area contributed by atoms with Gasteiger partial charge in [0.15, 0.2) is 111 Å². The summed E-state index contributed by atoms with van der Waals surface area (Å²) in [5, 5.41) is 31.6. The van der Waals surface area contributed by atoms with Crippen molar-refractivity contribution in [2.75, 3.05) is 76.5 Å². The van der Waals surface area contributed by atoms with Crippen LogP contribution in [0, 0.1) is 32.6 Å². The molecule has 10 fully saturated rings. The maximum absolute atomic E-state index is 15.9. The van der Waals surface area contributed by atoms with E-state index in [-0.39, 0.29) is 92.6 Å². The standard InChI is InChI=1S/C23H27N10O11PS2.C22H27N10O11PS.C21H24FN10O11PS/c1-9-30-19-13(20(35)31-9)28-8-33(19)21-14-10(2-34)11(41-21)3-40-45(36,46)43-16-15-22(32-7-27-12-17(24)25-6-26-18(12)32)42-23(16,5-39-15)4-29-47(37,38)44-14;1-9-29-20-16(21(34)30-9)27-8-32(20)22-17-10(4-33)13(41-22)5-39-44(35,36)42-11-2-14(40-12(11)3-28-45(37,38)43-17)31-7-26-15-18(23)24-6-25-19(15)31;1-7-29-18-12(19(34)30-7)27-6-32(18)21-15-13(33)9(41-21)3-39-44(35,36)42-14-8(2-28-45(37,38)43-15)40-20(10(14)22)31-5-26-11-16(23)24-4-25-17(11)31/h6-8,10-11,14-16,21-22,29,34H,2-5H2,1H3,(H,36,46)(H2,24,25,26)(H,30,31,35);6-8,10-14,17,22,28,33H,2-5H2,1H3,(H,35,36)(H2,23,24,25)(H,29,30,34);4-6,8-10,13-15,20-21,28,33H,2-3H2,1H3,(H,35,36)(H2,23,24,25)(H,29,30,34). The highest BCUT2D eigenvalue weighted by atomic mass is 32.5. The molecule has 0 amide bonds. The Kier molecular flexibility index (Phi) is 24.6. The summed E-state index contributed by atoms with van der Waals surface area (Å²) in [5.74, 6) is -1.11. The predicted molar refractivity (Wildman–Crippen MR) is 451 cm³/mol. The van der Waals surface area contributed by atoms with E-state index < -0.39 is 263 Å². The van der Waals surface area contributed by atoms with Crippen LogP contribution in [0.2, 0.25) is 0 Å². The minimum Gasteiger partial charge on any atom is -0.396 e. The molecule has 12 aromatic rings. The van der Waals surface area contributed by atoms with Gasteiger partial charge < -0.3 is 99.8 Å². The lowest BCUT2D eigenvalue weighted by Crippen LogP contribution is -2.51. The molecular formula is C66H78FN30O33P3S4. The van der Waals surface area contributed by atoms with Crippen molar-refractivity contribution in [3.8, 4) is 0 Å². The Balaban J connectivity index is 0.000000127. The quantitative estimate of drug-likeness (QED) is 0.0631. The van der Waals surface area contributed by atoms with Crippen LogP contribution < -0.4 is 48.0 Å². The third kappa shape index (κ3) is 17.8. The first kappa shape index (κ1) is 94.6. The summed E-state index contributed by atoms with van der Waals surface area (Å²) in [4.78, 5) is 139. The number of imidazole rings is 6. The molecule has 0 spiro atoms. The number of halogens is 1. The monoisotopic (exact) mass is 2060 g/mol. The first-order valence-electron chi connectivity index (χ1n) is 40.8. The number of fused-ring (bicyclic) bond motifs is 14. The van der Waals surface area contributed by atoms with Gasteiger partial charge in [-0.3, -0.25) is 64.4 Å². The fraction of sp³-hybridized carbons (Fsp3) is 0.545. The van der Waals surface area contributed by atoms with Crippen LogP contribution in [-0.4, -0.2) is 323 Å². The molecule has 137 heavy (non-hydrogen) atoms. The number of hydrogen-bond acceptors (Lipinski definition) is 49. The van der Waals surface area contributed by atoms with Crippen LogP contribution in [-0.2, 0) is 125 Å². The van der Waals surface area contributed by atoms with Gasteiger partial charge in [0.25, 0.3) is 16.7 Å². The summed E-state index contributed by atoms with van der Waals surface area (Å²) in [5.41, 5.74) is 15.9. The van der Waals surface area contributed by atoms with Gasteiger partial charge >= 0.3 is 53.3 Å². The van der Waals surface area contributed by atoms with Crippen LogP contribution in [0.5, 0.6) is 0 Å².